The van der Waals surface area contributed by atoms with Gasteiger partial charge in [0.2, 0.25) is 0 Å². The summed E-state index contributed by atoms with van der Waals surface area (Å²) in [5.74, 6) is -2.45. The Kier molecular flexibility index (Phi) is 7.66. The van der Waals surface area contributed by atoms with E-state index in [1.807, 2.05) is 4.90 Å². The topological polar surface area (TPSA) is 92.5 Å². The summed E-state index contributed by atoms with van der Waals surface area (Å²) in [4.78, 5) is 25.6. The van der Waals surface area contributed by atoms with Gasteiger partial charge in [-0.3, -0.25) is 9.69 Å². The highest BCUT2D eigenvalue weighted by Crippen LogP contribution is 2.24. The van der Waals surface area contributed by atoms with Gasteiger partial charge in [0.05, 0.1) is 32.6 Å². The van der Waals surface area contributed by atoms with Crippen molar-refractivity contribution in [2.75, 3.05) is 46.0 Å². The number of morpholine rings is 1. The highest BCUT2D eigenvalue weighted by atomic mass is 19.4. The van der Waals surface area contributed by atoms with Gasteiger partial charge in [0.1, 0.15) is 5.60 Å². The van der Waals surface area contributed by atoms with Crippen molar-refractivity contribution >= 4 is 11.9 Å². The zero-order valence-electron chi connectivity index (χ0n) is 16.3. The fraction of sp³-hybridized carbons (Fsp3) is 0.667. The number of nitrogens with zero attached hydrogens (tertiary/aromatic N) is 2. The van der Waals surface area contributed by atoms with Crippen molar-refractivity contribution in [2.45, 2.75) is 31.7 Å². The van der Waals surface area contributed by atoms with Gasteiger partial charge in [0.15, 0.2) is 5.76 Å². The lowest BCUT2D eigenvalue weighted by atomic mass is 10.0. The van der Waals surface area contributed by atoms with Crippen molar-refractivity contribution in [2.24, 2.45) is 0 Å². The smallest absolute Gasteiger partial charge is 0.475 e. The van der Waals surface area contributed by atoms with Gasteiger partial charge in [-0.2, -0.15) is 13.2 Å². The van der Waals surface area contributed by atoms with E-state index >= 15 is 0 Å². The van der Waals surface area contributed by atoms with Crippen LogP contribution in [0.4, 0.5) is 13.2 Å². The third kappa shape index (κ3) is 6.44. The number of alkyl halides is 3. The third-order valence-corrected chi connectivity index (χ3v) is 4.62. The number of amides is 1. The first-order valence-corrected chi connectivity index (χ1v) is 9.13. The Hall–Kier alpha value is -2.11. The van der Waals surface area contributed by atoms with Crippen molar-refractivity contribution in [3.63, 3.8) is 0 Å². The summed E-state index contributed by atoms with van der Waals surface area (Å²) in [6.07, 6.45) is -3.56. The number of carbonyl (C=O) groups excluding carboxylic acids is 1. The summed E-state index contributed by atoms with van der Waals surface area (Å²) >= 11 is 0. The highest BCUT2D eigenvalue weighted by Gasteiger charge is 2.42. The summed E-state index contributed by atoms with van der Waals surface area (Å²) < 4.78 is 48.8. The van der Waals surface area contributed by atoms with Crippen LogP contribution in [0.15, 0.2) is 22.8 Å². The van der Waals surface area contributed by atoms with Crippen molar-refractivity contribution < 1.29 is 41.8 Å². The van der Waals surface area contributed by atoms with E-state index in [9.17, 15) is 18.0 Å². The maximum Gasteiger partial charge on any atom is 0.490 e. The summed E-state index contributed by atoms with van der Waals surface area (Å²) in [5.41, 5.74) is -0.443. The molecule has 0 radical (unpaired) electrons. The summed E-state index contributed by atoms with van der Waals surface area (Å²) in [6, 6.07) is 3.87. The lowest BCUT2D eigenvalue weighted by Gasteiger charge is -2.43. The predicted octanol–water partition coefficient (Wildman–Crippen LogP) is 1.86. The lowest BCUT2D eigenvalue weighted by Crippen LogP contribution is -2.60. The SMILES string of the molecule is CC(C)N1CCOCC2(CN(C(=O)c3ccco3)CCO2)C1.O=C(O)C(F)(F)F. The third-order valence-electron chi connectivity index (χ3n) is 4.62. The molecular weight excluding hydrogens is 397 g/mol. The van der Waals surface area contributed by atoms with Crippen molar-refractivity contribution in [1.29, 1.82) is 0 Å². The Morgan fingerprint density at radius 1 is 1.21 bits per heavy atom. The molecule has 1 aromatic heterocycles. The van der Waals surface area contributed by atoms with Crippen LogP contribution in [0.25, 0.3) is 0 Å². The molecule has 0 bridgehead atoms. The van der Waals surface area contributed by atoms with E-state index in [1.54, 1.807) is 12.1 Å². The molecule has 1 spiro atoms. The number of halogens is 3. The number of carboxylic acid groups (broad SMARTS) is 1. The van der Waals surface area contributed by atoms with Gasteiger partial charge in [0, 0.05) is 25.7 Å². The van der Waals surface area contributed by atoms with Gasteiger partial charge in [-0.1, -0.05) is 0 Å². The molecule has 164 valence electrons. The number of hydrogen-bond acceptors (Lipinski definition) is 6. The van der Waals surface area contributed by atoms with Crippen LogP contribution in [-0.2, 0) is 14.3 Å². The largest absolute Gasteiger partial charge is 0.490 e. The van der Waals surface area contributed by atoms with Crippen molar-refractivity contribution in [3.8, 4) is 0 Å². The predicted molar refractivity (Wildman–Crippen MR) is 94.5 cm³/mol. The number of carboxylic acids is 1. The molecule has 1 unspecified atom stereocenters. The zero-order valence-corrected chi connectivity index (χ0v) is 16.3. The Morgan fingerprint density at radius 2 is 1.90 bits per heavy atom. The molecule has 3 heterocycles. The molecule has 8 nitrogen and oxygen atoms in total. The van der Waals surface area contributed by atoms with E-state index in [1.165, 1.54) is 6.26 Å². The maximum atomic E-state index is 12.5. The number of carbonyl (C=O) groups is 2. The Labute approximate surface area is 166 Å². The minimum atomic E-state index is -5.08. The number of ether oxygens (including phenoxy) is 2. The maximum absolute atomic E-state index is 12.5. The molecule has 29 heavy (non-hydrogen) atoms. The van der Waals surface area contributed by atoms with Crippen molar-refractivity contribution in [1.82, 2.24) is 9.80 Å². The quantitative estimate of drug-likeness (QED) is 0.778. The standard InChI is InChI=1S/C16H24N2O4.C2HF3O2/c1-13(2)17-5-8-20-12-16(10-17)11-18(6-9-22-16)15(19)14-4-3-7-21-14;3-2(4,5)1(6)7/h3-4,7,13H,5-6,8-12H2,1-2H3;(H,6,7). The fourth-order valence-corrected chi connectivity index (χ4v) is 3.13. The van der Waals surface area contributed by atoms with Crippen molar-refractivity contribution in [3.05, 3.63) is 24.2 Å². The van der Waals surface area contributed by atoms with Gasteiger partial charge in [0.25, 0.3) is 5.91 Å². The molecule has 1 aromatic rings. The van der Waals surface area contributed by atoms with Crippen LogP contribution in [0.1, 0.15) is 24.4 Å². The molecule has 11 heteroatoms. The van der Waals surface area contributed by atoms with Crippen LogP contribution in [0.5, 0.6) is 0 Å². The average Bonchev–Trinajstić information content (AvgIpc) is 3.10. The number of furan rings is 1. The van der Waals surface area contributed by atoms with E-state index in [0.717, 1.165) is 13.1 Å². The number of hydrogen-bond donors (Lipinski definition) is 1. The molecule has 2 aliphatic rings. The zero-order chi connectivity index (χ0) is 21.7. The van der Waals surface area contributed by atoms with Crippen LogP contribution in [-0.4, -0.2) is 90.6 Å². The Morgan fingerprint density at radius 3 is 2.45 bits per heavy atom. The normalized spacial score (nSPS) is 23.4. The summed E-state index contributed by atoms with van der Waals surface area (Å²) in [7, 11) is 0. The molecule has 0 aromatic carbocycles. The molecule has 0 aliphatic carbocycles. The summed E-state index contributed by atoms with van der Waals surface area (Å²) in [6.45, 7) is 8.91. The summed E-state index contributed by atoms with van der Waals surface area (Å²) in [5, 5.41) is 7.12. The monoisotopic (exact) mass is 422 g/mol. The number of rotatable bonds is 2. The van der Waals surface area contributed by atoms with Gasteiger partial charge >= 0.3 is 12.1 Å². The van der Waals surface area contributed by atoms with E-state index in [0.29, 0.717) is 44.7 Å². The van der Waals surface area contributed by atoms with Crippen LogP contribution in [0.3, 0.4) is 0 Å². The van der Waals surface area contributed by atoms with Crippen LogP contribution in [0.2, 0.25) is 0 Å². The lowest BCUT2D eigenvalue weighted by molar-refractivity contribution is -0.192. The molecule has 2 aliphatic heterocycles. The Bertz CT molecular complexity index is 680. The van der Waals surface area contributed by atoms with Crippen LogP contribution < -0.4 is 0 Å². The second-order valence-corrected chi connectivity index (χ2v) is 7.16. The van der Waals surface area contributed by atoms with E-state index in [2.05, 4.69) is 18.7 Å². The van der Waals surface area contributed by atoms with Gasteiger partial charge in [-0.05, 0) is 26.0 Å². The first-order chi connectivity index (χ1) is 13.5. The van der Waals surface area contributed by atoms with Crippen LogP contribution >= 0.6 is 0 Å². The first-order valence-electron chi connectivity index (χ1n) is 9.13. The molecular formula is C18H25F3N2O6. The van der Waals surface area contributed by atoms with E-state index in [-0.39, 0.29) is 5.91 Å². The molecule has 2 fully saturated rings. The van der Waals surface area contributed by atoms with Gasteiger partial charge in [-0.15, -0.1) is 0 Å². The highest BCUT2D eigenvalue weighted by molar-refractivity contribution is 5.91. The fourth-order valence-electron chi connectivity index (χ4n) is 3.13. The van der Waals surface area contributed by atoms with Gasteiger partial charge < -0.3 is 23.9 Å². The van der Waals surface area contributed by atoms with E-state index < -0.39 is 17.7 Å². The average molecular weight is 422 g/mol. The molecule has 1 N–H and O–H groups in total. The Balaban J connectivity index is 0.000000370. The molecule has 1 amide bonds. The molecule has 0 saturated carbocycles. The molecule has 2 saturated heterocycles. The van der Waals surface area contributed by atoms with Crippen LogP contribution in [0, 0.1) is 0 Å². The molecule has 1 atom stereocenters. The second-order valence-electron chi connectivity index (χ2n) is 7.16. The molecule has 3 rings (SSSR count). The minimum Gasteiger partial charge on any atom is -0.475 e. The van der Waals surface area contributed by atoms with Gasteiger partial charge in [-0.25, -0.2) is 4.79 Å². The second kappa shape index (κ2) is 9.59. The minimum absolute atomic E-state index is 0.0759. The number of aliphatic carboxylic acids is 1. The first kappa shape index (κ1) is 23.2. The van der Waals surface area contributed by atoms with E-state index in [4.69, 9.17) is 23.8 Å².